The molecule has 0 unspecified atom stereocenters. The predicted octanol–water partition coefficient (Wildman–Crippen LogP) is 4.79. The quantitative estimate of drug-likeness (QED) is 0.475. The fourth-order valence-electron chi connectivity index (χ4n) is 3.93. The molecule has 1 heterocycles. The highest BCUT2D eigenvalue weighted by Gasteiger charge is 2.30. The molecule has 5 nitrogen and oxygen atoms in total. The monoisotopic (exact) mass is 399 g/mol. The predicted molar refractivity (Wildman–Crippen MR) is 121 cm³/mol. The molecule has 0 saturated carbocycles. The molecule has 0 spiro atoms. The lowest BCUT2D eigenvalue weighted by Crippen LogP contribution is -2.44. The van der Waals surface area contributed by atoms with Gasteiger partial charge in [-0.05, 0) is 45.8 Å². The lowest BCUT2D eigenvalue weighted by Gasteiger charge is -2.34. The zero-order valence-corrected chi connectivity index (χ0v) is 16.2. The summed E-state index contributed by atoms with van der Waals surface area (Å²) in [6.45, 7) is 0. The maximum atomic E-state index is 6.34. The molecule has 0 radical (unpaired) electrons. The van der Waals surface area contributed by atoms with E-state index in [0.29, 0.717) is 5.02 Å². The number of nitrogens with zero attached hydrogens (tertiary/aromatic N) is 3. The van der Waals surface area contributed by atoms with Crippen molar-refractivity contribution in [3.05, 3.63) is 89.4 Å². The van der Waals surface area contributed by atoms with Gasteiger partial charge in [0, 0.05) is 16.3 Å². The van der Waals surface area contributed by atoms with Crippen molar-refractivity contribution in [3.63, 3.8) is 0 Å². The van der Waals surface area contributed by atoms with Gasteiger partial charge in [-0.25, -0.2) is 4.99 Å². The molecule has 0 aromatic heterocycles. The van der Waals surface area contributed by atoms with Crippen LogP contribution in [-0.4, -0.2) is 11.9 Å². The number of fused-ring (bicyclic) bond motifs is 2. The van der Waals surface area contributed by atoms with E-state index >= 15 is 0 Å². The first-order chi connectivity index (χ1) is 14.1. The van der Waals surface area contributed by atoms with E-state index < -0.39 is 6.17 Å². The Morgan fingerprint density at radius 1 is 0.793 bits per heavy atom. The Hall–Kier alpha value is -3.57. The normalized spacial score (nSPS) is 16.7. The minimum atomic E-state index is -0.470. The van der Waals surface area contributed by atoms with Crippen molar-refractivity contribution in [1.29, 1.82) is 0 Å². The van der Waals surface area contributed by atoms with E-state index in [0.717, 1.165) is 32.8 Å². The highest BCUT2D eigenvalue weighted by atomic mass is 35.5. The Kier molecular flexibility index (Phi) is 4.11. The second-order valence-corrected chi connectivity index (χ2v) is 7.35. The maximum Gasteiger partial charge on any atom is 0.221 e. The van der Waals surface area contributed by atoms with Crippen LogP contribution in [0.2, 0.25) is 5.02 Å². The number of hydrogen-bond acceptors (Lipinski definition) is 5. The number of halogens is 1. The summed E-state index contributed by atoms with van der Waals surface area (Å²) in [7, 11) is 0. The zero-order valence-electron chi connectivity index (χ0n) is 15.5. The molecule has 0 saturated heterocycles. The summed E-state index contributed by atoms with van der Waals surface area (Å²) in [5.41, 5.74) is 14.2. The van der Waals surface area contributed by atoms with Gasteiger partial charge >= 0.3 is 0 Å². The Balaban J connectivity index is 1.84. The van der Waals surface area contributed by atoms with Crippen molar-refractivity contribution in [2.24, 2.45) is 21.5 Å². The third kappa shape index (κ3) is 2.96. The van der Waals surface area contributed by atoms with E-state index in [1.54, 1.807) is 0 Å². The topological polar surface area (TPSA) is 80.0 Å². The average molecular weight is 400 g/mol. The van der Waals surface area contributed by atoms with E-state index in [9.17, 15) is 0 Å². The van der Waals surface area contributed by atoms with E-state index in [1.807, 2.05) is 53.4 Å². The van der Waals surface area contributed by atoms with E-state index in [-0.39, 0.29) is 11.9 Å². The van der Waals surface area contributed by atoms with Gasteiger partial charge in [-0.15, -0.1) is 0 Å². The molecular weight excluding hydrogens is 382 g/mol. The standard InChI is InChI=1S/C23H18ClN5/c24-16-8-5-9-17(13-16)29-21(27-22(25)28-23(29)26)20-18-10-3-1-6-14(18)12-15-7-2-4-11-19(15)20/h1-13,21H,(H4,25,26,27,28)/t21-/m1/s1. The highest BCUT2D eigenvalue weighted by Crippen LogP contribution is 2.39. The molecule has 1 aliphatic heterocycles. The van der Waals surface area contributed by atoms with Gasteiger partial charge in [0.2, 0.25) is 11.9 Å². The highest BCUT2D eigenvalue weighted by molar-refractivity contribution is 6.31. The van der Waals surface area contributed by atoms with Crippen LogP contribution in [0.5, 0.6) is 0 Å². The number of guanidine groups is 2. The van der Waals surface area contributed by atoms with Crippen LogP contribution in [0, 0.1) is 0 Å². The van der Waals surface area contributed by atoms with Gasteiger partial charge in [0.15, 0.2) is 6.17 Å². The van der Waals surface area contributed by atoms with Gasteiger partial charge in [-0.2, -0.15) is 4.99 Å². The summed E-state index contributed by atoms with van der Waals surface area (Å²) in [5.74, 6) is 0.435. The van der Waals surface area contributed by atoms with Gasteiger partial charge in [0.05, 0.1) is 0 Å². The summed E-state index contributed by atoms with van der Waals surface area (Å²) in [6, 6.07) is 26.2. The van der Waals surface area contributed by atoms with Crippen LogP contribution >= 0.6 is 11.6 Å². The number of anilines is 1. The number of benzene rings is 4. The maximum absolute atomic E-state index is 6.34. The van der Waals surface area contributed by atoms with Gasteiger partial charge < -0.3 is 11.5 Å². The largest absolute Gasteiger partial charge is 0.369 e. The van der Waals surface area contributed by atoms with Crippen molar-refractivity contribution in [2.75, 3.05) is 4.90 Å². The summed E-state index contributed by atoms with van der Waals surface area (Å²) in [4.78, 5) is 10.8. The Bertz CT molecular complexity index is 1260. The summed E-state index contributed by atoms with van der Waals surface area (Å²) in [6.07, 6.45) is -0.470. The first kappa shape index (κ1) is 17.5. The number of rotatable bonds is 2. The van der Waals surface area contributed by atoms with Crippen molar-refractivity contribution in [2.45, 2.75) is 6.17 Å². The molecule has 6 heteroatoms. The van der Waals surface area contributed by atoms with Crippen molar-refractivity contribution in [1.82, 2.24) is 0 Å². The lowest BCUT2D eigenvalue weighted by atomic mass is 9.94. The van der Waals surface area contributed by atoms with Crippen LogP contribution in [-0.2, 0) is 0 Å². The SMILES string of the molecule is NC1=N[C@@H](c2c3ccccc3cc3ccccc23)N(c2cccc(Cl)c2)C(N)=N1. The molecule has 1 atom stereocenters. The number of nitrogens with two attached hydrogens (primary N) is 2. The Morgan fingerprint density at radius 2 is 1.45 bits per heavy atom. The molecule has 5 rings (SSSR count). The molecule has 4 N–H and O–H groups in total. The van der Waals surface area contributed by atoms with Crippen LogP contribution in [0.1, 0.15) is 11.7 Å². The van der Waals surface area contributed by atoms with Crippen molar-refractivity contribution >= 4 is 50.8 Å². The second kappa shape index (κ2) is 6.79. The molecular formula is C23H18ClN5. The van der Waals surface area contributed by atoms with E-state index in [4.69, 9.17) is 28.1 Å². The van der Waals surface area contributed by atoms with Gasteiger partial charge in [-0.1, -0.05) is 66.2 Å². The molecule has 0 bridgehead atoms. The molecule has 142 valence electrons. The Labute approximate surface area is 172 Å². The zero-order chi connectivity index (χ0) is 20.0. The van der Waals surface area contributed by atoms with Crippen LogP contribution in [0.3, 0.4) is 0 Å². The molecule has 0 fully saturated rings. The van der Waals surface area contributed by atoms with Crippen LogP contribution < -0.4 is 16.4 Å². The van der Waals surface area contributed by atoms with E-state index in [2.05, 4.69) is 35.3 Å². The molecule has 4 aromatic carbocycles. The summed E-state index contributed by atoms with van der Waals surface area (Å²) < 4.78 is 0. The van der Waals surface area contributed by atoms with Gasteiger partial charge in [-0.3, -0.25) is 4.90 Å². The third-order valence-electron chi connectivity index (χ3n) is 5.13. The van der Waals surface area contributed by atoms with Gasteiger partial charge in [0.25, 0.3) is 0 Å². The number of aliphatic imine (C=N–C) groups is 2. The first-order valence-electron chi connectivity index (χ1n) is 9.24. The average Bonchev–Trinajstić information content (AvgIpc) is 2.71. The van der Waals surface area contributed by atoms with Crippen molar-refractivity contribution in [3.8, 4) is 0 Å². The Morgan fingerprint density at radius 3 is 2.10 bits per heavy atom. The summed E-state index contributed by atoms with van der Waals surface area (Å²) >= 11 is 6.26. The van der Waals surface area contributed by atoms with Crippen LogP contribution in [0.4, 0.5) is 5.69 Å². The second-order valence-electron chi connectivity index (χ2n) is 6.91. The fraction of sp³-hybridized carbons (Fsp3) is 0.0435. The lowest BCUT2D eigenvalue weighted by molar-refractivity contribution is 0.748. The minimum Gasteiger partial charge on any atom is -0.369 e. The molecule has 0 aliphatic carbocycles. The van der Waals surface area contributed by atoms with E-state index in [1.165, 1.54) is 0 Å². The smallest absolute Gasteiger partial charge is 0.221 e. The minimum absolute atomic E-state index is 0.155. The fourth-order valence-corrected chi connectivity index (χ4v) is 4.11. The van der Waals surface area contributed by atoms with Gasteiger partial charge in [0.1, 0.15) is 0 Å². The molecule has 29 heavy (non-hydrogen) atoms. The summed E-state index contributed by atoms with van der Waals surface area (Å²) in [5, 5.41) is 5.05. The first-order valence-corrected chi connectivity index (χ1v) is 9.62. The third-order valence-corrected chi connectivity index (χ3v) is 5.37. The number of hydrogen-bond donors (Lipinski definition) is 2. The van der Waals surface area contributed by atoms with Crippen LogP contribution in [0.25, 0.3) is 21.5 Å². The van der Waals surface area contributed by atoms with Crippen LogP contribution in [0.15, 0.2) is 88.8 Å². The molecule has 4 aromatic rings. The van der Waals surface area contributed by atoms with Crippen molar-refractivity contribution < 1.29 is 0 Å². The molecule has 0 amide bonds. The molecule has 1 aliphatic rings.